The quantitative estimate of drug-likeness (QED) is 0.653. The third kappa shape index (κ3) is 2.38. The number of carbonyl (C=O) groups is 1. The van der Waals surface area contributed by atoms with Crippen LogP contribution in [0.2, 0.25) is 0 Å². The van der Waals surface area contributed by atoms with Crippen LogP contribution in [-0.4, -0.2) is 16.7 Å². The molecule has 0 atom stereocenters. The Bertz CT molecular complexity index is 649. The highest BCUT2D eigenvalue weighted by molar-refractivity contribution is 5.99. The molecule has 0 aliphatic rings. The van der Waals surface area contributed by atoms with Gasteiger partial charge in [-0.15, -0.1) is 0 Å². The lowest BCUT2D eigenvalue weighted by molar-refractivity contribution is -0.120. The molecule has 2 aromatic rings. The maximum absolute atomic E-state index is 11.0. The molecule has 0 bridgehead atoms. The van der Waals surface area contributed by atoms with Crippen LogP contribution in [0.15, 0.2) is 35.6 Å². The summed E-state index contributed by atoms with van der Waals surface area (Å²) in [6.07, 6.45) is 3.33. The Labute approximate surface area is 104 Å². The molecule has 1 aromatic carbocycles. The van der Waals surface area contributed by atoms with Crippen molar-refractivity contribution in [2.24, 2.45) is 12.1 Å². The molecule has 0 aliphatic carbocycles. The van der Waals surface area contributed by atoms with Gasteiger partial charge in [-0.1, -0.05) is 18.2 Å². The number of nitriles is 1. The number of nitrogens with one attached hydrogen (secondary N) is 1. The SMILES string of the molecule is Cn1cc(/C=N\NC(=O)CC#N)c2ccccc21. The second kappa shape index (κ2) is 5.15. The topological polar surface area (TPSA) is 70.2 Å². The van der Waals surface area contributed by atoms with Crippen LogP contribution in [0.4, 0.5) is 0 Å². The van der Waals surface area contributed by atoms with Gasteiger partial charge in [0.25, 0.3) is 5.91 Å². The Kier molecular flexibility index (Phi) is 3.39. The van der Waals surface area contributed by atoms with E-state index in [0.717, 1.165) is 16.5 Å². The van der Waals surface area contributed by atoms with Crippen molar-refractivity contribution in [1.29, 1.82) is 5.26 Å². The highest BCUT2D eigenvalue weighted by atomic mass is 16.2. The monoisotopic (exact) mass is 240 g/mol. The van der Waals surface area contributed by atoms with Crippen LogP contribution in [0.5, 0.6) is 0 Å². The summed E-state index contributed by atoms with van der Waals surface area (Å²) in [5.41, 5.74) is 4.33. The lowest BCUT2D eigenvalue weighted by Gasteiger charge is -1.93. The van der Waals surface area contributed by atoms with Gasteiger partial charge in [0.15, 0.2) is 0 Å². The van der Waals surface area contributed by atoms with Crippen LogP contribution in [0.25, 0.3) is 10.9 Å². The van der Waals surface area contributed by atoms with Crippen LogP contribution in [0.3, 0.4) is 0 Å². The molecule has 5 heteroatoms. The first kappa shape index (κ1) is 11.9. The number of rotatable bonds is 3. The van der Waals surface area contributed by atoms with Crippen molar-refractivity contribution in [3.8, 4) is 6.07 Å². The summed E-state index contributed by atoms with van der Waals surface area (Å²) < 4.78 is 1.99. The van der Waals surface area contributed by atoms with Crippen molar-refractivity contribution in [2.75, 3.05) is 0 Å². The molecule has 90 valence electrons. The first-order valence-corrected chi connectivity index (χ1v) is 5.45. The van der Waals surface area contributed by atoms with E-state index in [1.807, 2.05) is 42.1 Å². The lowest BCUT2D eigenvalue weighted by Crippen LogP contribution is -2.16. The van der Waals surface area contributed by atoms with E-state index in [4.69, 9.17) is 5.26 Å². The fourth-order valence-corrected chi connectivity index (χ4v) is 1.76. The standard InChI is InChI=1S/C13H12N4O/c1-17-9-10(8-15-16-13(18)6-7-14)11-4-2-3-5-12(11)17/h2-5,8-9H,6H2,1H3,(H,16,18)/b15-8-. The van der Waals surface area contributed by atoms with E-state index in [-0.39, 0.29) is 6.42 Å². The van der Waals surface area contributed by atoms with E-state index in [1.165, 1.54) is 0 Å². The van der Waals surface area contributed by atoms with Gasteiger partial charge in [0.2, 0.25) is 0 Å². The number of aryl methyl sites for hydroxylation is 1. The summed E-state index contributed by atoms with van der Waals surface area (Å²) in [6.45, 7) is 0. The van der Waals surface area contributed by atoms with E-state index >= 15 is 0 Å². The summed E-state index contributed by atoms with van der Waals surface area (Å²) in [6, 6.07) is 9.69. The number of amides is 1. The maximum atomic E-state index is 11.0. The third-order valence-electron chi connectivity index (χ3n) is 2.56. The molecule has 0 radical (unpaired) electrons. The Balaban J connectivity index is 2.20. The third-order valence-corrected chi connectivity index (χ3v) is 2.56. The van der Waals surface area contributed by atoms with Crippen molar-refractivity contribution in [1.82, 2.24) is 9.99 Å². The number of para-hydroxylation sites is 1. The Morgan fingerprint density at radius 1 is 1.56 bits per heavy atom. The molecule has 18 heavy (non-hydrogen) atoms. The first-order valence-electron chi connectivity index (χ1n) is 5.45. The van der Waals surface area contributed by atoms with Crippen LogP contribution in [-0.2, 0) is 11.8 Å². The van der Waals surface area contributed by atoms with Crippen molar-refractivity contribution in [3.63, 3.8) is 0 Å². The van der Waals surface area contributed by atoms with Gasteiger partial charge >= 0.3 is 0 Å². The average Bonchev–Trinajstić information content (AvgIpc) is 2.68. The summed E-state index contributed by atoms with van der Waals surface area (Å²) in [5, 5.41) is 13.2. The number of fused-ring (bicyclic) bond motifs is 1. The number of benzene rings is 1. The molecular weight excluding hydrogens is 228 g/mol. The minimum Gasteiger partial charge on any atom is -0.350 e. The molecule has 1 aromatic heterocycles. The van der Waals surface area contributed by atoms with Gasteiger partial charge in [0.05, 0.1) is 12.3 Å². The van der Waals surface area contributed by atoms with Gasteiger partial charge in [0, 0.05) is 29.7 Å². The van der Waals surface area contributed by atoms with Gasteiger partial charge in [-0.25, -0.2) is 5.43 Å². The van der Waals surface area contributed by atoms with Crippen LogP contribution in [0, 0.1) is 11.3 Å². The Morgan fingerprint density at radius 3 is 3.11 bits per heavy atom. The summed E-state index contributed by atoms with van der Waals surface area (Å²) in [5.74, 6) is -0.408. The molecule has 1 N–H and O–H groups in total. The molecule has 0 aliphatic heterocycles. The molecule has 1 heterocycles. The molecule has 2 rings (SSSR count). The Morgan fingerprint density at radius 2 is 2.33 bits per heavy atom. The Hall–Kier alpha value is -2.61. The highest BCUT2D eigenvalue weighted by Crippen LogP contribution is 2.18. The van der Waals surface area contributed by atoms with Gasteiger partial charge < -0.3 is 4.57 Å². The minimum atomic E-state index is -0.408. The van der Waals surface area contributed by atoms with Gasteiger partial charge in [-0.3, -0.25) is 4.79 Å². The zero-order valence-corrected chi connectivity index (χ0v) is 9.92. The van der Waals surface area contributed by atoms with E-state index < -0.39 is 5.91 Å². The number of hydrazone groups is 1. The number of hydrogen-bond acceptors (Lipinski definition) is 3. The van der Waals surface area contributed by atoms with E-state index in [1.54, 1.807) is 12.3 Å². The normalized spacial score (nSPS) is 10.7. The van der Waals surface area contributed by atoms with Gasteiger partial charge in [0.1, 0.15) is 6.42 Å². The molecule has 0 spiro atoms. The molecule has 1 amide bonds. The zero-order chi connectivity index (χ0) is 13.0. The van der Waals surface area contributed by atoms with Crippen molar-refractivity contribution < 1.29 is 4.79 Å². The van der Waals surface area contributed by atoms with Gasteiger partial charge in [-0.2, -0.15) is 10.4 Å². The number of carbonyl (C=O) groups excluding carboxylic acids is 1. The minimum absolute atomic E-state index is 0.188. The van der Waals surface area contributed by atoms with Crippen LogP contribution >= 0.6 is 0 Å². The number of aromatic nitrogens is 1. The summed E-state index contributed by atoms with van der Waals surface area (Å²) >= 11 is 0. The zero-order valence-electron chi connectivity index (χ0n) is 9.92. The molecular formula is C13H12N4O. The average molecular weight is 240 g/mol. The number of nitrogens with zero attached hydrogens (tertiary/aromatic N) is 3. The second-order valence-corrected chi connectivity index (χ2v) is 3.84. The molecule has 5 nitrogen and oxygen atoms in total. The fraction of sp³-hybridized carbons (Fsp3) is 0.154. The van der Waals surface area contributed by atoms with Crippen LogP contribution in [0.1, 0.15) is 12.0 Å². The van der Waals surface area contributed by atoms with E-state index in [0.29, 0.717) is 0 Å². The van der Waals surface area contributed by atoms with E-state index in [2.05, 4.69) is 10.5 Å². The lowest BCUT2D eigenvalue weighted by atomic mass is 10.2. The maximum Gasteiger partial charge on any atom is 0.254 e. The largest absolute Gasteiger partial charge is 0.350 e. The van der Waals surface area contributed by atoms with Crippen molar-refractivity contribution in [2.45, 2.75) is 6.42 Å². The van der Waals surface area contributed by atoms with Gasteiger partial charge in [-0.05, 0) is 6.07 Å². The first-order chi connectivity index (χ1) is 8.72. The molecule has 0 unspecified atom stereocenters. The molecule has 0 saturated heterocycles. The van der Waals surface area contributed by atoms with Crippen LogP contribution < -0.4 is 5.43 Å². The summed E-state index contributed by atoms with van der Waals surface area (Å²) in [4.78, 5) is 11.0. The predicted octanol–water partition coefficient (Wildman–Crippen LogP) is 1.54. The fourth-order valence-electron chi connectivity index (χ4n) is 1.76. The molecule has 0 fully saturated rings. The smallest absolute Gasteiger partial charge is 0.254 e. The highest BCUT2D eigenvalue weighted by Gasteiger charge is 2.03. The number of hydrogen-bond donors (Lipinski definition) is 1. The molecule has 0 saturated carbocycles. The van der Waals surface area contributed by atoms with Crippen molar-refractivity contribution in [3.05, 3.63) is 36.0 Å². The predicted molar refractivity (Wildman–Crippen MR) is 68.9 cm³/mol. The van der Waals surface area contributed by atoms with E-state index in [9.17, 15) is 4.79 Å². The second-order valence-electron chi connectivity index (χ2n) is 3.84. The summed E-state index contributed by atoms with van der Waals surface area (Å²) in [7, 11) is 1.95. The van der Waals surface area contributed by atoms with Crippen molar-refractivity contribution >= 4 is 23.0 Å².